The maximum absolute atomic E-state index is 11.6. The number of amides is 1. The van der Waals surface area contributed by atoms with E-state index in [1.165, 1.54) is 5.56 Å². The molecule has 0 radical (unpaired) electrons. The number of nitrogens with zero attached hydrogens (tertiary/aromatic N) is 3. The van der Waals surface area contributed by atoms with Gasteiger partial charge in [-0.1, -0.05) is 56.3 Å². The first-order valence-corrected chi connectivity index (χ1v) is 9.77. The molecule has 0 bridgehead atoms. The quantitative estimate of drug-likeness (QED) is 0.435. The van der Waals surface area contributed by atoms with Crippen LogP contribution in [-0.4, -0.2) is 74.5 Å². The number of carbonyl (C=O) groups excluding carboxylic acids is 1. The third kappa shape index (κ3) is 7.43. The van der Waals surface area contributed by atoms with Crippen molar-refractivity contribution in [1.82, 2.24) is 20.4 Å². The summed E-state index contributed by atoms with van der Waals surface area (Å²) in [5, 5.41) is 6.26. The van der Waals surface area contributed by atoms with Crippen LogP contribution in [0.25, 0.3) is 6.08 Å². The molecule has 0 aromatic heterocycles. The highest BCUT2D eigenvalue weighted by atomic mass is 16.1. The van der Waals surface area contributed by atoms with E-state index in [1.54, 1.807) is 0 Å². The van der Waals surface area contributed by atoms with Crippen LogP contribution in [0.4, 0.5) is 0 Å². The van der Waals surface area contributed by atoms with Crippen molar-refractivity contribution in [2.45, 2.75) is 13.8 Å². The van der Waals surface area contributed by atoms with E-state index in [1.807, 2.05) is 27.0 Å². The molecule has 0 atom stereocenters. The standard InChI is InChI=1S/C21H33N5O/c1-18(2)20(27)23-11-12-24-21(22-3)26-16-14-25(15-17-26)13-7-10-19-8-5-4-6-9-19/h4-10,18H,11-17H2,1-3H3,(H,22,24)(H,23,27). The lowest BCUT2D eigenvalue weighted by molar-refractivity contribution is -0.123. The number of carbonyl (C=O) groups is 1. The largest absolute Gasteiger partial charge is 0.354 e. The Kier molecular flexibility index (Phi) is 8.84. The number of hydrogen-bond acceptors (Lipinski definition) is 3. The molecule has 0 saturated carbocycles. The molecular formula is C21H33N5O. The number of aliphatic imine (C=N–C) groups is 1. The van der Waals surface area contributed by atoms with E-state index in [0.717, 1.165) is 38.7 Å². The smallest absolute Gasteiger partial charge is 0.222 e. The lowest BCUT2D eigenvalue weighted by Gasteiger charge is -2.36. The highest BCUT2D eigenvalue weighted by molar-refractivity contribution is 5.80. The first-order chi connectivity index (χ1) is 13.1. The summed E-state index contributed by atoms with van der Waals surface area (Å²) >= 11 is 0. The topological polar surface area (TPSA) is 60.0 Å². The fourth-order valence-corrected chi connectivity index (χ4v) is 2.94. The van der Waals surface area contributed by atoms with E-state index in [0.29, 0.717) is 13.1 Å². The SMILES string of the molecule is CN=C(NCCNC(=O)C(C)C)N1CCN(CC=Cc2ccccc2)CC1. The summed E-state index contributed by atoms with van der Waals surface area (Å²) in [7, 11) is 1.81. The molecule has 1 heterocycles. The summed E-state index contributed by atoms with van der Waals surface area (Å²) in [6.07, 6.45) is 4.41. The fraction of sp³-hybridized carbons (Fsp3) is 0.524. The van der Waals surface area contributed by atoms with E-state index in [2.05, 4.69) is 61.8 Å². The fourth-order valence-electron chi connectivity index (χ4n) is 2.94. The van der Waals surface area contributed by atoms with Gasteiger partial charge in [0.25, 0.3) is 0 Å². The van der Waals surface area contributed by atoms with Gasteiger partial charge in [0.05, 0.1) is 0 Å². The maximum atomic E-state index is 11.6. The summed E-state index contributed by atoms with van der Waals surface area (Å²) < 4.78 is 0. The van der Waals surface area contributed by atoms with Crippen molar-refractivity contribution in [2.75, 3.05) is 52.9 Å². The molecule has 2 rings (SSSR count). The highest BCUT2D eigenvalue weighted by Gasteiger charge is 2.18. The summed E-state index contributed by atoms with van der Waals surface area (Å²) in [5.74, 6) is 1.02. The minimum absolute atomic E-state index is 0.0216. The van der Waals surface area contributed by atoms with Crippen molar-refractivity contribution < 1.29 is 4.79 Å². The molecule has 1 aliphatic heterocycles. The van der Waals surface area contributed by atoms with Crippen molar-refractivity contribution in [3.8, 4) is 0 Å². The molecule has 1 aliphatic rings. The third-order valence-corrected chi connectivity index (χ3v) is 4.59. The van der Waals surface area contributed by atoms with E-state index < -0.39 is 0 Å². The Morgan fingerprint density at radius 2 is 1.78 bits per heavy atom. The number of benzene rings is 1. The normalized spacial score (nSPS) is 16.1. The van der Waals surface area contributed by atoms with Gasteiger partial charge in [0, 0.05) is 58.8 Å². The zero-order valence-corrected chi connectivity index (χ0v) is 16.8. The second-order valence-corrected chi connectivity index (χ2v) is 7.02. The second kappa shape index (κ2) is 11.4. The second-order valence-electron chi connectivity index (χ2n) is 7.02. The lowest BCUT2D eigenvalue weighted by Crippen LogP contribution is -2.53. The zero-order chi connectivity index (χ0) is 19.5. The summed E-state index contributed by atoms with van der Waals surface area (Å²) in [5.41, 5.74) is 1.24. The number of hydrogen-bond donors (Lipinski definition) is 2. The van der Waals surface area contributed by atoms with Crippen molar-refractivity contribution in [1.29, 1.82) is 0 Å². The predicted molar refractivity (Wildman–Crippen MR) is 113 cm³/mol. The van der Waals surface area contributed by atoms with Crippen LogP contribution < -0.4 is 10.6 Å². The summed E-state index contributed by atoms with van der Waals surface area (Å²) in [6, 6.07) is 10.4. The maximum Gasteiger partial charge on any atom is 0.222 e. The van der Waals surface area contributed by atoms with Crippen LogP contribution in [0, 0.1) is 5.92 Å². The molecule has 6 nitrogen and oxygen atoms in total. The van der Waals surface area contributed by atoms with E-state index in [-0.39, 0.29) is 11.8 Å². The first-order valence-electron chi connectivity index (χ1n) is 9.77. The molecule has 0 aliphatic carbocycles. The summed E-state index contributed by atoms with van der Waals surface area (Å²) in [4.78, 5) is 20.7. The predicted octanol–water partition coefficient (Wildman–Crippen LogP) is 1.67. The van der Waals surface area contributed by atoms with Crippen molar-refractivity contribution in [3.05, 3.63) is 42.0 Å². The van der Waals surface area contributed by atoms with Crippen LogP contribution in [0.3, 0.4) is 0 Å². The average Bonchev–Trinajstić information content (AvgIpc) is 2.69. The van der Waals surface area contributed by atoms with Gasteiger partial charge in [0.1, 0.15) is 0 Å². The summed E-state index contributed by atoms with van der Waals surface area (Å²) in [6.45, 7) is 10.0. The Morgan fingerprint density at radius 3 is 2.41 bits per heavy atom. The molecule has 0 spiro atoms. The molecule has 6 heteroatoms. The van der Waals surface area contributed by atoms with Gasteiger partial charge in [0.15, 0.2) is 5.96 Å². The molecule has 1 saturated heterocycles. The first kappa shape index (κ1) is 21.0. The van der Waals surface area contributed by atoms with Crippen molar-refractivity contribution >= 4 is 17.9 Å². The van der Waals surface area contributed by atoms with E-state index in [4.69, 9.17) is 0 Å². The third-order valence-electron chi connectivity index (χ3n) is 4.59. The van der Waals surface area contributed by atoms with Gasteiger partial charge in [-0.2, -0.15) is 0 Å². The van der Waals surface area contributed by atoms with Crippen LogP contribution in [0.15, 0.2) is 41.4 Å². The highest BCUT2D eigenvalue weighted by Crippen LogP contribution is 2.05. The van der Waals surface area contributed by atoms with Gasteiger partial charge >= 0.3 is 0 Å². The van der Waals surface area contributed by atoms with Crippen molar-refractivity contribution in [2.24, 2.45) is 10.9 Å². The van der Waals surface area contributed by atoms with E-state index in [9.17, 15) is 4.79 Å². The van der Waals surface area contributed by atoms with Crippen molar-refractivity contribution in [3.63, 3.8) is 0 Å². The molecule has 27 heavy (non-hydrogen) atoms. The number of rotatable bonds is 7. The van der Waals surface area contributed by atoms with Gasteiger partial charge < -0.3 is 15.5 Å². The molecule has 1 amide bonds. The van der Waals surface area contributed by atoms with Crippen LogP contribution in [0.5, 0.6) is 0 Å². The van der Waals surface area contributed by atoms with Gasteiger partial charge in [-0.15, -0.1) is 0 Å². The van der Waals surface area contributed by atoms with Gasteiger partial charge in [0.2, 0.25) is 5.91 Å². The van der Waals surface area contributed by atoms with Crippen LogP contribution >= 0.6 is 0 Å². The molecule has 1 aromatic rings. The molecule has 148 valence electrons. The Bertz CT molecular complexity index is 619. The van der Waals surface area contributed by atoms with Crippen LogP contribution in [0.2, 0.25) is 0 Å². The Balaban J connectivity index is 1.67. The lowest BCUT2D eigenvalue weighted by atomic mass is 10.2. The Morgan fingerprint density at radius 1 is 1.11 bits per heavy atom. The van der Waals surface area contributed by atoms with Gasteiger partial charge in [-0.05, 0) is 5.56 Å². The Hall–Kier alpha value is -2.34. The minimum atomic E-state index is 0.0216. The molecule has 1 fully saturated rings. The number of piperazine rings is 1. The minimum Gasteiger partial charge on any atom is -0.354 e. The van der Waals surface area contributed by atoms with E-state index >= 15 is 0 Å². The Labute approximate surface area is 163 Å². The molecule has 2 N–H and O–H groups in total. The average molecular weight is 372 g/mol. The molecule has 1 aromatic carbocycles. The monoisotopic (exact) mass is 371 g/mol. The van der Waals surface area contributed by atoms with Crippen LogP contribution in [-0.2, 0) is 4.79 Å². The van der Waals surface area contributed by atoms with Crippen LogP contribution in [0.1, 0.15) is 19.4 Å². The number of nitrogens with one attached hydrogen (secondary N) is 2. The molecular weight excluding hydrogens is 338 g/mol. The van der Waals surface area contributed by atoms with Gasteiger partial charge in [-0.3, -0.25) is 14.7 Å². The number of guanidine groups is 1. The van der Waals surface area contributed by atoms with Gasteiger partial charge in [-0.25, -0.2) is 0 Å². The molecule has 0 unspecified atom stereocenters. The zero-order valence-electron chi connectivity index (χ0n) is 16.8.